The van der Waals surface area contributed by atoms with Crippen LogP contribution in [0.15, 0.2) is 48.8 Å². The van der Waals surface area contributed by atoms with Gasteiger partial charge in [-0.25, -0.2) is 0 Å². The summed E-state index contributed by atoms with van der Waals surface area (Å²) in [5, 5.41) is 3.59. The molecular formula is C18H24N2O. The summed E-state index contributed by atoms with van der Waals surface area (Å²) in [4.78, 5) is 4.24. The zero-order valence-corrected chi connectivity index (χ0v) is 13.0. The van der Waals surface area contributed by atoms with Crippen LogP contribution in [-0.4, -0.2) is 17.6 Å². The van der Waals surface area contributed by atoms with Crippen molar-refractivity contribution >= 4 is 0 Å². The SMILES string of the molecule is CCCNC(c1cccnc1)c1cccc(OC(C)C)c1. The maximum absolute atomic E-state index is 5.80. The number of nitrogens with zero attached hydrogens (tertiary/aromatic N) is 1. The van der Waals surface area contributed by atoms with Crippen molar-refractivity contribution in [2.45, 2.75) is 39.3 Å². The molecule has 0 aliphatic heterocycles. The third kappa shape index (κ3) is 4.57. The maximum Gasteiger partial charge on any atom is 0.120 e. The Kier molecular flexibility index (Phi) is 5.76. The van der Waals surface area contributed by atoms with Gasteiger partial charge in [0, 0.05) is 12.4 Å². The monoisotopic (exact) mass is 284 g/mol. The van der Waals surface area contributed by atoms with Crippen LogP contribution in [0.25, 0.3) is 0 Å². The summed E-state index contributed by atoms with van der Waals surface area (Å²) in [6.45, 7) is 7.22. The van der Waals surface area contributed by atoms with E-state index in [1.54, 1.807) is 6.20 Å². The highest BCUT2D eigenvalue weighted by atomic mass is 16.5. The first-order valence-electron chi connectivity index (χ1n) is 7.60. The molecule has 0 fully saturated rings. The molecule has 1 aromatic heterocycles. The number of nitrogens with one attached hydrogen (secondary N) is 1. The molecule has 1 atom stereocenters. The van der Waals surface area contributed by atoms with E-state index in [9.17, 15) is 0 Å². The average molecular weight is 284 g/mol. The normalized spacial score (nSPS) is 12.4. The predicted octanol–water partition coefficient (Wildman–Crippen LogP) is 3.96. The number of rotatable bonds is 7. The quantitative estimate of drug-likeness (QED) is 0.835. The second kappa shape index (κ2) is 7.79. The lowest BCUT2D eigenvalue weighted by molar-refractivity contribution is 0.242. The van der Waals surface area contributed by atoms with Crippen LogP contribution in [0.2, 0.25) is 0 Å². The molecule has 21 heavy (non-hydrogen) atoms. The van der Waals surface area contributed by atoms with Crippen molar-refractivity contribution in [1.29, 1.82) is 0 Å². The molecule has 1 heterocycles. The van der Waals surface area contributed by atoms with Crippen molar-refractivity contribution in [2.75, 3.05) is 6.54 Å². The largest absolute Gasteiger partial charge is 0.491 e. The van der Waals surface area contributed by atoms with Gasteiger partial charge in [-0.05, 0) is 56.1 Å². The minimum atomic E-state index is 0.148. The molecule has 0 saturated carbocycles. The third-order valence-corrected chi connectivity index (χ3v) is 3.18. The van der Waals surface area contributed by atoms with Gasteiger partial charge in [-0.1, -0.05) is 25.1 Å². The second-order valence-electron chi connectivity index (χ2n) is 5.41. The van der Waals surface area contributed by atoms with E-state index in [0.29, 0.717) is 0 Å². The molecule has 2 rings (SSSR count). The zero-order valence-electron chi connectivity index (χ0n) is 13.0. The summed E-state index contributed by atoms with van der Waals surface area (Å²) in [6.07, 6.45) is 5.00. The smallest absolute Gasteiger partial charge is 0.120 e. The van der Waals surface area contributed by atoms with Crippen LogP contribution >= 0.6 is 0 Å². The first-order chi connectivity index (χ1) is 10.2. The summed E-state index contributed by atoms with van der Waals surface area (Å²) < 4.78 is 5.80. The number of hydrogen-bond donors (Lipinski definition) is 1. The van der Waals surface area contributed by atoms with Crippen LogP contribution in [0.3, 0.4) is 0 Å². The summed E-state index contributed by atoms with van der Waals surface area (Å²) in [5.41, 5.74) is 2.38. The molecule has 0 saturated heterocycles. The van der Waals surface area contributed by atoms with E-state index in [1.807, 2.05) is 38.2 Å². The Morgan fingerprint density at radius 3 is 2.62 bits per heavy atom. The predicted molar refractivity (Wildman–Crippen MR) is 86.6 cm³/mol. The molecule has 2 aromatic rings. The van der Waals surface area contributed by atoms with Gasteiger partial charge in [0.05, 0.1) is 12.1 Å². The fourth-order valence-corrected chi connectivity index (χ4v) is 2.30. The summed E-state index contributed by atoms with van der Waals surface area (Å²) in [5.74, 6) is 0.912. The highest BCUT2D eigenvalue weighted by Gasteiger charge is 2.14. The number of hydrogen-bond acceptors (Lipinski definition) is 3. The van der Waals surface area contributed by atoms with Crippen LogP contribution in [-0.2, 0) is 0 Å². The summed E-state index contributed by atoms with van der Waals surface area (Å²) >= 11 is 0. The van der Waals surface area contributed by atoms with Crippen LogP contribution in [0.1, 0.15) is 44.4 Å². The molecule has 0 aliphatic carbocycles. The van der Waals surface area contributed by atoms with E-state index in [0.717, 1.165) is 18.7 Å². The van der Waals surface area contributed by atoms with Crippen LogP contribution in [0.4, 0.5) is 0 Å². The molecule has 0 bridgehead atoms. The van der Waals surface area contributed by atoms with E-state index in [4.69, 9.17) is 4.74 Å². The minimum absolute atomic E-state index is 0.148. The van der Waals surface area contributed by atoms with Gasteiger partial charge in [0.1, 0.15) is 5.75 Å². The average Bonchev–Trinajstić information content (AvgIpc) is 2.48. The molecule has 0 amide bonds. The molecule has 1 N–H and O–H groups in total. The van der Waals surface area contributed by atoms with Gasteiger partial charge in [0.25, 0.3) is 0 Å². The maximum atomic E-state index is 5.80. The van der Waals surface area contributed by atoms with Crippen LogP contribution in [0, 0.1) is 0 Å². The van der Waals surface area contributed by atoms with Crippen molar-refractivity contribution in [2.24, 2.45) is 0 Å². The number of benzene rings is 1. The number of ether oxygens (including phenoxy) is 1. The third-order valence-electron chi connectivity index (χ3n) is 3.18. The van der Waals surface area contributed by atoms with E-state index in [-0.39, 0.29) is 12.1 Å². The van der Waals surface area contributed by atoms with E-state index in [2.05, 4.69) is 35.4 Å². The van der Waals surface area contributed by atoms with Crippen LogP contribution in [0.5, 0.6) is 5.75 Å². The van der Waals surface area contributed by atoms with E-state index in [1.165, 1.54) is 11.1 Å². The molecule has 0 spiro atoms. The fraction of sp³-hybridized carbons (Fsp3) is 0.389. The highest BCUT2D eigenvalue weighted by Crippen LogP contribution is 2.25. The fourth-order valence-electron chi connectivity index (χ4n) is 2.30. The van der Waals surface area contributed by atoms with Crippen molar-refractivity contribution in [3.05, 3.63) is 59.9 Å². The van der Waals surface area contributed by atoms with Crippen molar-refractivity contribution < 1.29 is 4.74 Å². The Bertz CT molecular complexity index is 540. The number of pyridine rings is 1. The van der Waals surface area contributed by atoms with Crippen molar-refractivity contribution in [3.63, 3.8) is 0 Å². The standard InChI is InChI=1S/C18H24N2O/c1-4-10-20-18(16-8-6-11-19-13-16)15-7-5-9-17(12-15)21-14(2)3/h5-9,11-14,18,20H,4,10H2,1-3H3. The Morgan fingerprint density at radius 1 is 1.14 bits per heavy atom. The molecular weight excluding hydrogens is 260 g/mol. The molecule has 0 radical (unpaired) electrons. The van der Waals surface area contributed by atoms with Gasteiger partial charge in [-0.3, -0.25) is 4.98 Å². The van der Waals surface area contributed by atoms with Crippen molar-refractivity contribution in [3.8, 4) is 5.75 Å². The van der Waals surface area contributed by atoms with E-state index >= 15 is 0 Å². The molecule has 0 aliphatic rings. The molecule has 112 valence electrons. The van der Waals surface area contributed by atoms with Gasteiger partial charge in [0.15, 0.2) is 0 Å². The minimum Gasteiger partial charge on any atom is -0.491 e. The van der Waals surface area contributed by atoms with Gasteiger partial charge >= 0.3 is 0 Å². The van der Waals surface area contributed by atoms with Gasteiger partial charge in [-0.15, -0.1) is 0 Å². The van der Waals surface area contributed by atoms with Gasteiger partial charge in [0.2, 0.25) is 0 Å². The van der Waals surface area contributed by atoms with E-state index < -0.39 is 0 Å². The Labute approximate surface area is 127 Å². The molecule has 1 unspecified atom stereocenters. The van der Waals surface area contributed by atoms with Gasteiger partial charge < -0.3 is 10.1 Å². The lowest BCUT2D eigenvalue weighted by atomic mass is 10.00. The lowest BCUT2D eigenvalue weighted by Gasteiger charge is -2.20. The topological polar surface area (TPSA) is 34.2 Å². The lowest BCUT2D eigenvalue weighted by Crippen LogP contribution is -2.23. The zero-order chi connectivity index (χ0) is 15.1. The summed E-state index contributed by atoms with van der Waals surface area (Å²) in [7, 11) is 0. The highest BCUT2D eigenvalue weighted by molar-refractivity contribution is 5.36. The number of aromatic nitrogens is 1. The first kappa shape index (κ1) is 15.5. The van der Waals surface area contributed by atoms with Crippen molar-refractivity contribution in [1.82, 2.24) is 10.3 Å². The Hall–Kier alpha value is -1.87. The molecule has 3 nitrogen and oxygen atoms in total. The van der Waals surface area contributed by atoms with Crippen LogP contribution < -0.4 is 10.1 Å². The van der Waals surface area contributed by atoms with Gasteiger partial charge in [-0.2, -0.15) is 0 Å². The Morgan fingerprint density at radius 2 is 1.95 bits per heavy atom. The first-order valence-corrected chi connectivity index (χ1v) is 7.60. The summed E-state index contributed by atoms with van der Waals surface area (Å²) in [6, 6.07) is 12.5. The molecule has 3 heteroatoms. The molecule has 1 aromatic carbocycles. The Balaban J connectivity index is 2.28. The second-order valence-corrected chi connectivity index (χ2v) is 5.41.